The van der Waals surface area contributed by atoms with Crippen LogP contribution in [0.4, 0.5) is 0 Å². The van der Waals surface area contributed by atoms with Gasteiger partial charge in [0.15, 0.2) is 0 Å². The summed E-state index contributed by atoms with van der Waals surface area (Å²) >= 11 is 0. The number of nitrogens with one attached hydrogen (secondary N) is 1. The Labute approximate surface area is 533 Å². The van der Waals surface area contributed by atoms with Crippen LogP contribution in [-0.4, -0.2) is 74.3 Å². The first-order valence-electron chi connectivity index (χ1n) is 36.4. The van der Waals surface area contributed by atoms with Crippen molar-refractivity contribution in [3.63, 3.8) is 0 Å². The minimum Gasteiger partial charge on any atom is -0.456 e. The highest BCUT2D eigenvalue weighted by Gasteiger charge is 2.30. The molecule has 0 heterocycles. The van der Waals surface area contributed by atoms with Gasteiger partial charge in [0.25, 0.3) is 0 Å². The normalized spacial score (nSPS) is 14.0. The van der Waals surface area contributed by atoms with Crippen LogP contribution < -0.4 is 5.32 Å². The Bertz CT molecular complexity index is 1750. The molecule has 0 spiro atoms. The van der Waals surface area contributed by atoms with Crippen LogP contribution in [0.15, 0.2) is 85.1 Å². The monoisotopic (exact) mass is 1220 g/mol. The van der Waals surface area contributed by atoms with E-state index in [9.17, 15) is 19.0 Å². The van der Waals surface area contributed by atoms with Gasteiger partial charge in [-0.05, 0) is 83.1 Å². The highest BCUT2D eigenvalue weighted by molar-refractivity contribution is 7.47. The molecule has 2 N–H and O–H groups in total. The Morgan fingerprint density at radius 1 is 0.419 bits per heavy atom. The van der Waals surface area contributed by atoms with Crippen LogP contribution in [0, 0.1) is 0 Å². The van der Waals surface area contributed by atoms with E-state index in [1.165, 1.54) is 193 Å². The van der Waals surface area contributed by atoms with E-state index in [4.69, 9.17) is 13.8 Å². The molecule has 0 saturated carbocycles. The number of unbranched alkanes of at least 4 members (excludes halogenated alkanes) is 38. The topological polar surface area (TPSA) is 111 Å². The van der Waals surface area contributed by atoms with Crippen molar-refractivity contribution in [2.45, 2.75) is 348 Å². The van der Waals surface area contributed by atoms with E-state index in [0.29, 0.717) is 17.4 Å². The largest absolute Gasteiger partial charge is 0.472 e. The van der Waals surface area contributed by atoms with E-state index in [-0.39, 0.29) is 31.5 Å². The van der Waals surface area contributed by atoms with Gasteiger partial charge in [0.2, 0.25) is 5.91 Å². The van der Waals surface area contributed by atoms with Crippen LogP contribution in [-0.2, 0) is 27.9 Å². The van der Waals surface area contributed by atoms with Gasteiger partial charge in [-0.2, -0.15) is 0 Å². The van der Waals surface area contributed by atoms with Gasteiger partial charge >= 0.3 is 13.8 Å². The van der Waals surface area contributed by atoms with E-state index < -0.39 is 20.0 Å². The van der Waals surface area contributed by atoms with E-state index >= 15 is 0 Å². The minimum atomic E-state index is -4.46. The Kier molecular flexibility index (Phi) is 63.0. The van der Waals surface area contributed by atoms with Gasteiger partial charge in [-0.1, -0.05) is 324 Å². The average molecular weight is 1220 g/mol. The number of phosphoric ester groups is 1. The van der Waals surface area contributed by atoms with Crippen LogP contribution >= 0.6 is 7.82 Å². The number of hydrogen-bond acceptors (Lipinski definition) is 6. The molecule has 9 nitrogen and oxygen atoms in total. The van der Waals surface area contributed by atoms with Crippen molar-refractivity contribution in [2.24, 2.45) is 0 Å². The zero-order chi connectivity index (χ0) is 62.8. The van der Waals surface area contributed by atoms with Gasteiger partial charge in [-0.25, -0.2) is 4.57 Å². The molecular weight excluding hydrogens is 1080 g/mol. The maximum atomic E-state index is 13.6. The Morgan fingerprint density at radius 3 is 1.12 bits per heavy atom. The second kappa shape index (κ2) is 65.2. The fourth-order valence-electron chi connectivity index (χ4n) is 10.5. The van der Waals surface area contributed by atoms with Crippen molar-refractivity contribution < 1.29 is 37.3 Å². The minimum absolute atomic E-state index is 0.0377. The number of rotatable bonds is 66. The Balaban J connectivity index is 5.05. The predicted octanol–water partition coefficient (Wildman–Crippen LogP) is 23.3. The molecule has 86 heavy (non-hydrogen) atoms. The summed E-state index contributed by atoms with van der Waals surface area (Å²) in [4.78, 5) is 37.9. The van der Waals surface area contributed by atoms with Crippen LogP contribution in [0.25, 0.3) is 0 Å². The molecule has 0 aliphatic rings. The number of quaternary nitrogens is 1. The molecule has 0 aromatic heterocycles. The molecule has 0 aromatic rings. The third kappa shape index (κ3) is 65.6. The molecule has 0 aliphatic heterocycles. The van der Waals surface area contributed by atoms with Crippen molar-refractivity contribution in [3.05, 3.63) is 85.1 Å². The number of likely N-dealkylation sites (N-methyl/N-ethyl adjacent to an activating group) is 1. The molecule has 0 bridgehead atoms. The molecule has 1 amide bonds. The van der Waals surface area contributed by atoms with Crippen molar-refractivity contribution in [3.8, 4) is 0 Å². The lowest BCUT2D eigenvalue weighted by molar-refractivity contribution is -0.870. The number of carbonyl (C=O) groups is 2. The van der Waals surface area contributed by atoms with E-state index in [2.05, 4.69) is 99.0 Å². The second-order valence-corrected chi connectivity index (χ2v) is 27.2. The van der Waals surface area contributed by atoms with E-state index in [0.717, 1.165) is 109 Å². The molecule has 0 fully saturated rings. The number of amides is 1. The molecular formula is C76H140N2O7P+. The van der Waals surface area contributed by atoms with Crippen LogP contribution in [0.3, 0.4) is 0 Å². The molecule has 3 atom stereocenters. The number of ether oxygens (including phenoxy) is 1. The summed E-state index contributed by atoms with van der Waals surface area (Å²) in [7, 11) is 1.50. The number of hydrogen-bond donors (Lipinski definition) is 2. The highest BCUT2D eigenvalue weighted by atomic mass is 31.2. The number of carbonyl (C=O) groups excluding carboxylic acids is 2. The van der Waals surface area contributed by atoms with E-state index in [1.54, 1.807) is 0 Å². The Morgan fingerprint density at radius 2 is 0.744 bits per heavy atom. The number of nitrogens with zero attached hydrogens (tertiary/aromatic N) is 1. The van der Waals surface area contributed by atoms with Crippen LogP contribution in [0.5, 0.6) is 0 Å². The molecule has 0 aromatic carbocycles. The first-order chi connectivity index (χ1) is 41.9. The zero-order valence-corrected chi connectivity index (χ0v) is 58.2. The zero-order valence-electron chi connectivity index (χ0n) is 57.3. The smallest absolute Gasteiger partial charge is 0.456 e. The lowest BCUT2D eigenvalue weighted by atomic mass is 10.0. The molecule has 500 valence electrons. The molecule has 0 rings (SSSR count). The van der Waals surface area contributed by atoms with Crippen LogP contribution in [0.2, 0.25) is 0 Å². The summed E-state index contributed by atoms with van der Waals surface area (Å²) < 4.78 is 30.8. The summed E-state index contributed by atoms with van der Waals surface area (Å²) in [6.45, 7) is 6.93. The molecule has 0 aliphatic carbocycles. The maximum absolute atomic E-state index is 13.6. The average Bonchev–Trinajstić information content (AvgIpc) is 3.65. The lowest BCUT2D eigenvalue weighted by Crippen LogP contribution is -2.47. The van der Waals surface area contributed by atoms with Gasteiger partial charge in [0, 0.05) is 12.8 Å². The quantitative estimate of drug-likeness (QED) is 0.0205. The summed E-state index contributed by atoms with van der Waals surface area (Å²) in [6, 6.07) is -0.854. The number of phosphoric acid groups is 1. The van der Waals surface area contributed by atoms with Gasteiger partial charge in [-0.15, -0.1) is 0 Å². The fraction of sp³-hybridized carbons (Fsp3) is 0.789. The summed E-state index contributed by atoms with van der Waals surface area (Å²) in [5, 5.41) is 3.07. The number of esters is 1. The molecule has 10 heteroatoms. The fourth-order valence-corrected chi connectivity index (χ4v) is 11.3. The summed E-state index contributed by atoms with van der Waals surface area (Å²) in [5.74, 6) is -0.504. The third-order valence-electron chi connectivity index (χ3n) is 16.1. The molecule has 3 unspecified atom stereocenters. The highest BCUT2D eigenvalue weighted by Crippen LogP contribution is 2.43. The van der Waals surface area contributed by atoms with Crippen molar-refractivity contribution >= 4 is 19.7 Å². The van der Waals surface area contributed by atoms with Crippen molar-refractivity contribution in [1.82, 2.24) is 5.32 Å². The standard InChI is InChI=1S/C76H139N2O7P/c1-7-10-13-16-19-22-25-28-30-32-34-36-37-38-39-40-41-43-45-47-49-51-54-57-60-63-66-69-76(80)85-74(67-64-61-58-55-52-27-24-21-18-15-12-9-3)73(72-84-86(81,82)83-71-70-78(4,5)6)77-75(79)68-65-62-59-56-53-50-48-46-44-42-35-33-31-29-26-23-20-17-14-11-8-2/h10,13,19,22,28,30,34,36,38-39,41,43,64,67,73-74H,7-9,11-12,14-18,20-21,23-27,29,31-33,35,37,40,42,44-63,65-66,68-72H2,1-6H3,(H-,77,79,81,82)/p+1/b13-10-,22-19-,30-28-,36-34-,39-38-,43-41-,67-64+. The van der Waals surface area contributed by atoms with E-state index in [1.807, 2.05) is 33.3 Å². The molecule has 0 radical (unpaired) electrons. The van der Waals surface area contributed by atoms with Gasteiger partial charge < -0.3 is 19.4 Å². The van der Waals surface area contributed by atoms with Crippen molar-refractivity contribution in [2.75, 3.05) is 40.9 Å². The second-order valence-electron chi connectivity index (χ2n) is 25.7. The predicted molar refractivity (Wildman–Crippen MR) is 374 cm³/mol. The van der Waals surface area contributed by atoms with Gasteiger partial charge in [0.1, 0.15) is 19.3 Å². The molecule has 0 saturated heterocycles. The maximum Gasteiger partial charge on any atom is 0.472 e. The first kappa shape index (κ1) is 83.2. The summed E-state index contributed by atoms with van der Waals surface area (Å²) in [5.41, 5.74) is 0. The van der Waals surface area contributed by atoms with Crippen molar-refractivity contribution in [1.29, 1.82) is 0 Å². The van der Waals surface area contributed by atoms with Gasteiger partial charge in [-0.3, -0.25) is 18.6 Å². The lowest BCUT2D eigenvalue weighted by Gasteiger charge is -2.27. The van der Waals surface area contributed by atoms with Crippen LogP contribution in [0.1, 0.15) is 335 Å². The number of allylic oxidation sites excluding steroid dienone is 13. The van der Waals surface area contributed by atoms with Gasteiger partial charge in [0.05, 0.1) is 33.8 Å². The first-order valence-corrected chi connectivity index (χ1v) is 37.9. The summed E-state index contributed by atoms with van der Waals surface area (Å²) in [6.07, 6.45) is 87.4. The SMILES string of the molecule is CC/C=C\C/C=C\C/C=C\C/C=C\C/C=C\C/C=C\CCCCCCCCCCC(=O)OC(/C=C/CCCCCCCCCCCC)C(COP(=O)(O)OCC[N+](C)(C)C)NC(=O)CCCCCCCCCCCCCCCCCCCCCCC. The third-order valence-corrected chi connectivity index (χ3v) is 17.1. The Hall–Kier alpha value is -2.81.